The second-order valence-corrected chi connectivity index (χ2v) is 19.8. The highest BCUT2D eigenvalue weighted by Crippen LogP contribution is 2.35. The number of hydrogen-bond donors (Lipinski definition) is 1. The molecule has 1 aliphatic rings. The van der Waals surface area contributed by atoms with Gasteiger partial charge in [-0.25, -0.2) is 9.67 Å². The van der Waals surface area contributed by atoms with Crippen LogP contribution >= 0.6 is 11.3 Å². The molecule has 0 saturated carbocycles. The summed E-state index contributed by atoms with van der Waals surface area (Å²) in [5, 5.41) is 21.0. The Morgan fingerprint density at radius 2 is 1.45 bits per heavy atom. The van der Waals surface area contributed by atoms with Gasteiger partial charge in [0.1, 0.15) is 29.6 Å². The molecule has 16 nitrogen and oxygen atoms in total. The number of rotatable bonds is 29. The minimum Gasteiger partial charge on any atom is -0.487 e. The number of benzene rings is 4. The Morgan fingerprint density at radius 1 is 0.693 bits per heavy atom. The largest absolute Gasteiger partial charge is 0.487 e. The summed E-state index contributed by atoms with van der Waals surface area (Å²) in [6.07, 6.45) is 3.56. The van der Waals surface area contributed by atoms with E-state index in [4.69, 9.17) is 37.9 Å². The highest BCUT2D eigenvalue weighted by atomic mass is 32.1. The number of morpholine rings is 1. The molecule has 1 N–H and O–H groups in total. The van der Waals surface area contributed by atoms with E-state index in [2.05, 4.69) is 126 Å². The fourth-order valence-electron chi connectivity index (χ4n) is 9.91. The molecule has 0 radical (unpaired) electrons. The van der Waals surface area contributed by atoms with Gasteiger partial charge in [0.25, 0.3) is 0 Å². The molecule has 5 aromatic heterocycles. The summed E-state index contributed by atoms with van der Waals surface area (Å²) < 4.78 is 46.7. The number of nitrogens with one attached hydrogen (secondary N) is 1. The Balaban J connectivity index is 0.564. The molecular weight excluding hydrogens is 967 g/mol. The minimum absolute atomic E-state index is 0.325. The number of nitrogens with zero attached hydrogens (tertiary/aromatic N) is 8. The topological polar surface area (TPSA) is 150 Å². The molecule has 1 aliphatic heterocycles. The van der Waals surface area contributed by atoms with Crippen LogP contribution in [0.25, 0.3) is 54.4 Å². The first-order valence-corrected chi connectivity index (χ1v) is 27.3. The van der Waals surface area contributed by atoms with Crippen LogP contribution in [0.5, 0.6) is 5.75 Å². The van der Waals surface area contributed by atoms with E-state index < -0.39 is 0 Å². The van der Waals surface area contributed by atoms with Crippen molar-refractivity contribution in [3.63, 3.8) is 0 Å². The van der Waals surface area contributed by atoms with E-state index in [1.54, 1.807) is 16.0 Å². The maximum atomic E-state index is 6.08. The molecule has 0 aliphatic carbocycles. The van der Waals surface area contributed by atoms with Crippen LogP contribution in [0.1, 0.15) is 41.0 Å². The third-order valence-electron chi connectivity index (χ3n) is 13.8. The first kappa shape index (κ1) is 52.2. The number of fused-ring (bicyclic) bond motifs is 4. The molecule has 0 spiro atoms. The van der Waals surface area contributed by atoms with Crippen molar-refractivity contribution in [3.8, 4) is 27.3 Å². The number of aryl methyl sites for hydroxylation is 5. The van der Waals surface area contributed by atoms with Crippen molar-refractivity contribution in [2.45, 2.75) is 66.4 Å². The number of thiophene rings is 1. The van der Waals surface area contributed by atoms with E-state index in [9.17, 15) is 0 Å². The lowest BCUT2D eigenvalue weighted by atomic mass is 10.0. The van der Waals surface area contributed by atoms with Gasteiger partial charge >= 0.3 is 0 Å². The molecule has 0 amide bonds. The summed E-state index contributed by atoms with van der Waals surface area (Å²) in [4.78, 5) is 8.96. The normalized spacial score (nSPS) is 13.3. The van der Waals surface area contributed by atoms with Gasteiger partial charge in [0.15, 0.2) is 0 Å². The van der Waals surface area contributed by atoms with Crippen LogP contribution in [0, 0.1) is 13.8 Å². The third-order valence-corrected chi connectivity index (χ3v) is 14.7. The number of imidazole rings is 1. The zero-order chi connectivity index (χ0) is 51.2. The highest BCUT2D eigenvalue weighted by molar-refractivity contribution is 7.13. The summed E-state index contributed by atoms with van der Waals surface area (Å²) in [7, 11) is 0. The molecule has 0 bridgehead atoms. The van der Waals surface area contributed by atoms with E-state index in [0.29, 0.717) is 66.0 Å². The molecule has 1 fully saturated rings. The van der Waals surface area contributed by atoms with Crippen molar-refractivity contribution in [2.75, 3.05) is 92.2 Å². The SMILES string of the molecule is CCn1c2ccc(CNCCOCCOCCOCCOCCn3cc(COc4ccc(CCc5nc6cc(-c7c(C)noc7C)ccc6n5CCN5CCOCC5)cc4)nn3)cc2c2ccc(-c3cccs3)cc21. The minimum atomic E-state index is 0.325. The van der Waals surface area contributed by atoms with Crippen LogP contribution in [0.2, 0.25) is 0 Å². The second-order valence-electron chi connectivity index (χ2n) is 18.9. The van der Waals surface area contributed by atoms with Crippen molar-refractivity contribution in [1.29, 1.82) is 0 Å². The third kappa shape index (κ3) is 13.4. The van der Waals surface area contributed by atoms with Gasteiger partial charge < -0.3 is 47.4 Å². The fraction of sp³-hybridized carbons (Fsp3) is 0.414. The Hall–Kier alpha value is -6.28. The van der Waals surface area contributed by atoms with E-state index in [0.717, 1.165) is 123 Å². The quantitative estimate of drug-likeness (QED) is 0.0445. The van der Waals surface area contributed by atoms with Gasteiger partial charge in [-0.05, 0) is 103 Å². The highest BCUT2D eigenvalue weighted by Gasteiger charge is 2.18. The van der Waals surface area contributed by atoms with Crippen molar-refractivity contribution < 1.29 is 32.9 Å². The molecule has 4 aromatic carbocycles. The average molecular weight is 1040 g/mol. The van der Waals surface area contributed by atoms with E-state index in [-0.39, 0.29) is 0 Å². The molecule has 1 saturated heterocycles. The smallest absolute Gasteiger partial charge is 0.141 e. The van der Waals surface area contributed by atoms with Crippen LogP contribution in [0.15, 0.2) is 107 Å². The number of ether oxygens (including phenoxy) is 6. The van der Waals surface area contributed by atoms with Crippen molar-refractivity contribution in [1.82, 2.24) is 44.5 Å². The maximum absolute atomic E-state index is 6.08. The lowest BCUT2D eigenvalue weighted by Crippen LogP contribution is -2.38. The van der Waals surface area contributed by atoms with Crippen LogP contribution in [0.4, 0.5) is 0 Å². The summed E-state index contributed by atoms with van der Waals surface area (Å²) >= 11 is 1.78. The molecule has 75 heavy (non-hydrogen) atoms. The lowest BCUT2D eigenvalue weighted by molar-refractivity contribution is -0.00245. The lowest BCUT2D eigenvalue weighted by Gasteiger charge is -2.27. The second kappa shape index (κ2) is 26.0. The van der Waals surface area contributed by atoms with Gasteiger partial charge in [0.05, 0.1) is 95.5 Å². The van der Waals surface area contributed by atoms with E-state index in [1.165, 1.54) is 43.4 Å². The number of aromatic nitrogens is 7. The summed E-state index contributed by atoms with van der Waals surface area (Å²) in [6.45, 7) is 19.1. The fourth-order valence-corrected chi connectivity index (χ4v) is 10.6. The predicted octanol–water partition coefficient (Wildman–Crippen LogP) is 9.31. The molecular formula is C58H69N9O7S. The van der Waals surface area contributed by atoms with Gasteiger partial charge in [-0.3, -0.25) is 4.90 Å². The van der Waals surface area contributed by atoms with Crippen LogP contribution in [0.3, 0.4) is 0 Å². The Morgan fingerprint density at radius 3 is 2.21 bits per heavy atom. The van der Waals surface area contributed by atoms with Crippen LogP contribution in [-0.2, 0) is 69.3 Å². The van der Waals surface area contributed by atoms with Gasteiger partial charge in [0.2, 0.25) is 0 Å². The molecule has 9 aromatic rings. The average Bonchev–Trinajstić information content (AvgIpc) is 4.31. The van der Waals surface area contributed by atoms with E-state index in [1.807, 2.05) is 32.2 Å². The monoisotopic (exact) mass is 1040 g/mol. The van der Waals surface area contributed by atoms with Crippen molar-refractivity contribution >= 4 is 44.2 Å². The molecule has 17 heteroatoms. The Bertz CT molecular complexity index is 3190. The van der Waals surface area contributed by atoms with Gasteiger partial charge in [-0.15, -0.1) is 16.4 Å². The first-order valence-electron chi connectivity index (χ1n) is 26.4. The standard InChI is InChI=1S/C58H69N9O7S/c1-4-66-53-16-9-45(36-51(53)50-15-11-46(38-55(50)66)56-6-5-35-75-56)39-59-19-25-68-29-31-71-33-34-72-32-30-70-28-24-65-40-48(61-63-65)41-73-49-13-7-44(8-14-49)10-18-57-60-52-37-47(58-42(2)62-74-43(58)3)12-17-54(52)67(57)21-20-64-22-26-69-27-23-64/h5-9,11-17,35-38,40,59H,4,10,18-34,39,41H2,1-3H3. The summed E-state index contributed by atoms with van der Waals surface area (Å²) in [5.74, 6) is 2.68. The van der Waals surface area contributed by atoms with Gasteiger partial charge in [-0.2, -0.15) is 0 Å². The predicted molar refractivity (Wildman–Crippen MR) is 294 cm³/mol. The van der Waals surface area contributed by atoms with Crippen molar-refractivity contribution in [3.05, 3.63) is 137 Å². The summed E-state index contributed by atoms with van der Waals surface area (Å²) in [5.41, 5.74) is 12.2. The van der Waals surface area contributed by atoms with Crippen LogP contribution in [-0.4, -0.2) is 131 Å². The van der Waals surface area contributed by atoms with Gasteiger partial charge in [0, 0.05) is 84.5 Å². The first-order chi connectivity index (χ1) is 37.0. The Kier molecular flexibility index (Phi) is 18.1. The maximum Gasteiger partial charge on any atom is 0.141 e. The molecule has 10 rings (SSSR count). The molecule has 0 unspecified atom stereocenters. The zero-order valence-electron chi connectivity index (χ0n) is 43.5. The molecule has 394 valence electrons. The van der Waals surface area contributed by atoms with Crippen molar-refractivity contribution in [2.24, 2.45) is 0 Å². The molecule has 0 atom stereocenters. The van der Waals surface area contributed by atoms with Crippen LogP contribution < -0.4 is 10.1 Å². The zero-order valence-corrected chi connectivity index (χ0v) is 44.3. The Labute approximate surface area is 442 Å². The van der Waals surface area contributed by atoms with Gasteiger partial charge in [-0.1, -0.05) is 52.8 Å². The van der Waals surface area contributed by atoms with E-state index >= 15 is 0 Å². The molecule has 6 heterocycles. The number of hydrogen-bond acceptors (Lipinski definition) is 14. The summed E-state index contributed by atoms with van der Waals surface area (Å²) in [6, 6.07) is 32.8.